The standard InChI is InChI=1S/C16H22F2.H2/c1-11-3-6-13(7-4-11)8-10-14-9-5-12(2)15(17)16(14)18;/h5,9,11,13H,3-4,6-8,10H2,1-2H3;1H. The zero-order valence-electron chi connectivity index (χ0n) is 11.3. The zero-order valence-corrected chi connectivity index (χ0v) is 11.3. The lowest BCUT2D eigenvalue weighted by Crippen LogP contribution is -2.13. The van der Waals surface area contributed by atoms with E-state index in [9.17, 15) is 8.78 Å². The maximum atomic E-state index is 13.7. The molecule has 0 amide bonds. The summed E-state index contributed by atoms with van der Waals surface area (Å²) in [7, 11) is 0. The summed E-state index contributed by atoms with van der Waals surface area (Å²) in [4.78, 5) is 0. The highest BCUT2D eigenvalue weighted by Gasteiger charge is 2.19. The number of hydrogen-bond donors (Lipinski definition) is 0. The Morgan fingerprint density at radius 2 is 1.78 bits per heavy atom. The van der Waals surface area contributed by atoms with Crippen molar-refractivity contribution >= 4 is 0 Å². The van der Waals surface area contributed by atoms with Gasteiger partial charge in [-0.3, -0.25) is 0 Å². The van der Waals surface area contributed by atoms with E-state index in [1.807, 2.05) is 0 Å². The monoisotopic (exact) mass is 254 g/mol. The average molecular weight is 254 g/mol. The van der Waals surface area contributed by atoms with Gasteiger partial charge >= 0.3 is 0 Å². The second-order valence-electron chi connectivity index (χ2n) is 5.83. The third kappa shape index (κ3) is 3.09. The highest BCUT2D eigenvalue weighted by Crippen LogP contribution is 2.31. The van der Waals surface area contributed by atoms with E-state index >= 15 is 0 Å². The molecule has 1 aliphatic rings. The van der Waals surface area contributed by atoms with Crippen LogP contribution in [0.1, 0.15) is 51.6 Å². The van der Waals surface area contributed by atoms with E-state index in [4.69, 9.17) is 0 Å². The lowest BCUT2D eigenvalue weighted by Gasteiger charge is -2.26. The van der Waals surface area contributed by atoms with Crippen molar-refractivity contribution in [3.8, 4) is 0 Å². The van der Waals surface area contributed by atoms with Gasteiger partial charge in [-0.15, -0.1) is 0 Å². The highest BCUT2D eigenvalue weighted by atomic mass is 19.2. The Bertz CT molecular complexity index is 409. The Hall–Kier alpha value is -0.920. The van der Waals surface area contributed by atoms with Crippen LogP contribution in [-0.4, -0.2) is 0 Å². The summed E-state index contributed by atoms with van der Waals surface area (Å²) in [6.45, 7) is 3.90. The van der Waals surface area contributed by atoms with Gasteiger partial charge in [-0.25, -0.2) is 8.78 Å². The Kier molecular flexibility index (Phi) is 4.36. The molecule has 2 rings (SSSR count). The molecule has 0 aromatic heterocycles. The van der Waals surface area contributed by atoms with Crippen LogP contribution in [0.3, 0.4) is 0 Å². The van der Waals surface area contributed by atoms with Gasteiger partial charge in [0.25, 0.3) is 0 Å². The summed E-state index contributed by atoms with van der Waals surface area (Å²) in [6, 6.07) is 3.41. The van der Waals surface area contributed by atoms with Crippen LogP contribution >= 0.6 is 0 Å². The van der Waals surface area contributed by atoms with Crippen molar-refractivity contribution < 1.29 is 10.2 Å². The van der Waals surface area contributed by atoms with Crippen molar-refractivity contribution in [1.29, 1.82) is 0 Å². The van der Waals surface area contributed by atoms with Gasteiger partial charge in [-0.1, -0.05) is 44.7 Å². The van der Waals surface area contributed by atoms with Crippen molar-refractivity contribution in [3.05, 3.63) is 34.9 Å². The number of aryl methyl sites for hydroxylation is 2. The first-order valence-corrected chi connectivity index (χ1v) is 7.01. The molecule has 18 heavy (non-hydrogen) atoms. The van der Waals surface area contributed by atoms with E-state index in [1.54, 1.807) is 19.1 Å². The molecule has 0 N–H and O–H groups in total. The van der Waals surface area contributed by atoms with Gasteiger partial charge in [0, 0.05) is 1.43 Å². The minimum atomic E-state index is -0.676. The van der Waals surface area contributed by atoms with Gasteiger partial charge in [0.15, 0.2) is 11.6 Å². The number of benzene rings is 1. The van der Waals surface area contributed by atoms with Crippen LogP contribution in [0.15, 0.2) is 12.1 Å². The molecule has 0 atom stereocenters. The fraction of sp³-hybridized carbons (Fsp3) is 0.625. The molecular weight excluding hydrogens is 230 g/mol. The average Bonchev–Trinajstić information content (AvgIpc) is 2.37. The lowest BCUT2D eigenvalue weighted by atomic mass is 9.80. The molecule has 0 unspecified atom stereocenters. The molecule has 0 saturated heterocycles. The first-order valence-electron chi connectivity index (χ1n) is 7.01. The smallest absolute Gasteiger partial charge is 0.162 e. The van der Waals surface area contributed by atoms with E-state index in [2.05, 4.69) is 6.92 Å². The summed E-state index contributed by atoms with van der Waals surface area (Å²) < 4.78 is 27.1. The molecule has 1 aliphatic carbocycles. The Balaban J connectivity index is 0.00000180. The molecule has 0 radical (unpaired) electrons. The van der Waals surface area contributed by atoms with Gasteiger partial charge in [-0.05, 0) is 42.7 Å². The molecule has 0 nitrogen and oxygen atoms in total. The number of rotatable bonds is 3. The fourth-order valence-electron chi connectivity index (χ4n) is 2.86. The third-order valence-corrected chi connectivity index (χ3v) is 4.31. The van der Waals surface area contributed by atoms with Crippen LogP contribution in [-0.2, 0) is 6.42 Å². The van der Waals surface area contributed by atoms with Crippen molar-refractivity contribution in [3.63, 3.8) is 0 Å². The lowest BCUT2D eigenvalue weighted by molar-refractivity contribution is 0.277. The van der Waals surface area contributed by atoms with E-state index < -0.39 is 11.6 Å². The van der Waals surface area contributed by atoms with E-state index in [0.717, 1.165) is 12.3 Å². The predicted molar refractivity (Wildman–Crippen MR) is 72.7 cm³/mol. The Morgan fingerprint density at radius 3 is 2.44 bits per heavy atom. The quantitative estimate of drug-likeness (QED) is 0.688. The summed E-state index contributed by atoms with van der Waals surface area (Å²) >= 11 is 0. The van der Waals surface area contributed by atoms with Crippen LogP contribution in [0.4, 0.5) is 8.78 Å². The van der Waals surface area contributed by atoms with Crippen molar-refractivity contribution in [2.75, 3.05) is 0 Å². The predicted octanol–water partition coefficient (Wildman–Crippen LogP) is 5.28. The fourth-order valence-corrected chi connectivity index (χ4v) is 2.86. The van der Waals surface area contributed by atoms with E-state index in [0.29, 0.717) is 23.5 Å². The van der Waals surface area contributed by atoms with E-state index in [-0.39, 0.29) is 1.43 Å². The maximum absolute atomic E-state index is 13.7. The topological polar surface area (TPSA) is 0 Å². The molecule has 1 saturated carbocycles. The Morgan fingerprint density at radius 1 is 1.11 bits per heavy atom. The van der Waals surface area contributed by atoms with Crippen molar-refractivity contribution in [2.24, 2.45) is 11.8 Å². The van der Waals surface area contributed by atoms with Crippen LogP contribution in [0.5, 0.6) is 0 Å². The molecule has 1 aromatic carbocycles. The van der Waals surface area contributed by atoms with Gasteiger partial charge in [0.1, 0.15) is 0 Å². The second kappa shape index (κ2) is 5.81. The summed E-state index contributed by atoms with van der Waals surface area (Å²) in [5.41, 5.74) is 0.930. The SMILES string of the molecule is Cc1ccc(CCC2CCC(C)CC2)c(F)c1F.[HH]. The van der Waals surface area contributed by atoms with Crippen LogP contribution < -0.4 is 0 Å². The maximum Gasteiger partial charge on any atom is 0.162 e. The molecule has 102 valence electrons. The molecule has 1 fully saturated rings. The second-order valence-corrected chi connectivity index (χ2v) is 5.83. The largest absolute Gasteiger partial charge is 0.203 e. The third-order valence-electron chi connectivity index (χ3n) is 4.31. The zero-order chi connectivity index (χ0) is 13.1. The van der Waals surface area contributed by atoms with Crippen LogP contribution in [0.2, 0.25) is 0 Å². The van der Waals surface area contributed by atoms with Crippen LogP contribution in [0.25, 0.3) is 0 Å². The molecule has 0 heterocycles. The number of hydrogen-bond acceptors (Lipinski definition) is 0. The normalized spacial score (nSPS) is 24.2. The number of halogens is 2. The van der Waals surface area contributed by atoms with Gasteiger partial charge in [0.05, 0.1) is 0 Å². The van der Waals surface area contributed by atoms with Crippen LogP contribution in [0, 0.1) is 30.4 Å². The first-order chi connectivity index (χ1) is 8.58. The molecule has 0 aliphatic heterocycles. The summed E-state index contributed by atoms with van der Waals surface area (Å²) in [6.07, 6.45) is 6.73. The summed E-state index contributed by atoms with van der Waals surface area (Å²) in [5.74, 6) is 0.226. The van der Waals surface area contributed by atoms with Gasteiger partial charge < -0.3 is 0 Å². The Labute approximate surface area is 110 Å². The molecule has 2 heteroatoms. The first kappa shape index (κ1) is 13.5. The highest BCUT2D eigenvalue weighted by molar-refractivity contribution is 5.25. The molecule has 1 aromatic rings. The van der Waals surface area contributed by atoms with Gasteiger partial charge in [-0.2, -0.15) is 0 Å². The molecule has 0 bridgehead atoms. The minimum absolute atomic E-state index is 0. The molecule has 0 spiro atoms. The van der Waals surface area contributed by atoms with E-state index in [1.165, 1.54) is 25.7 Å². The van der Waals surface area contributed by atoms with Crippen molar-refractivity contribution in [1.82, 2.24) is 0 Å². The summed E-state index contributed by atoms with van der Waals surface area (Å²) in [5, 5.41) is 0. The minimum Gasteiger partial charge on any atom is -0.203 e. The van der Waals surface area contributed by atoms with Gasteiger partial charge in [0.2, 0.25) is 0 Å². The van der Waals surface area contributed by atoms with Crippen molar-refractivity contribution in [2.45, 2.75) is 52.4 Å². The molecular formula is C16H24F2.